The van der Waals surface area contributed by atoms with E-state index in [1.807, 2.05) is 24.4 Å². The highest BCUT2D eigenvalue weighted by atomic mass is 32.1. The van der Waals surface area contributed by atoms with Crippen molar-refractivity contribution in [3.63, 3.8) is 0 Å². The highest BCUT2D eigenvalue weighted by molar-refractivity contribution is 7.10. The maximum atomic E-state index is 11.9. The van der Waals surface area contributed by atoms with E-state index >= 15 is 0 Å². The summed E-state index contributed by atoms with van der Waals surface area (Å²) in [4.78, 5) is 13.0. The molecular weight excluding hydrogens is 234 g/mol. The van der Waals surface area contributed by atoms with Gasteiger partial charge in [0.15, 0.2) is 0 Å². The van der Waals surface area contributed by atoms with E-state index in [4.69, 9.17) is 0 Å². The van der Waals surface area contributed by atoms with Crippen molar-refractivity contribution in [2.24, 2.45) is 0 Å². The molecule has 0 aliphatic heterocycles. The van der Waals surface area contributed by atoms with Gasteiger partial charge in [-0.2, -0.15) is 0 Å². The molecule has 0 spiro atoms. The Morgan fingerprint density at radius 1 is 1.35 bits per heavy atom. The molecule has 0 aliphatic rings. The fourth-order valence-electron chi connectivity index (χ4n) is 1.54. The number of benzene rings is 1. The molecule has 0 fully saturated rings. The van der Waals surface area contributed by atoms with Gasteiger partial charge in [-0.15, -0.1) is 11.3 Å². The summed E-state index contributed by atoms with van der Waals surface area (Å²) in [5.41, 5.74) is 0.466. The Labute approximate surface area is 104 Å². The van der Waals surface area contributed by atoms with Gasteiger partial charge in [0.25, 0.3) is 5.91 Å². The quantitative estimate of drug-likeness (QED) is 0.876. The van der Waals surface area contributed by atoms with Crippen LogP contribution >= 0.6 is 11.3 Å². The fourth-order valence-corrected chi connectivity index (χ4v) is 2.27. The minimum absolute atomic E-state index is 0.0233. The van der Waals surface area contributed by atoms with Crippen molar-refractivity contribution < 1.29 is 9.90 Å². The number of thiophene rings is 1. The molecule has 2 N–H and O–H groups in total. The minimum Gasteiger partial charge on any atom is -0.508 e. The molecule has 0 aliphatic carbocycles. The summed E-state index contributed by atoms with van der Waals surface area (Å²) in [5, 5.41) is 14.2. The van der Waals surface area contributed by atoms with E-state index in [0.717, 1.165) is 4.88 Å². The third-order valence-corrected chi connectivity index (χ3v) is 3.48. The second-order valence-corrected chi connectivity index (χ2v) is 4.74. The molecule has 1 unspecified atom stereocenters. The van der Waals surface area contributed by atoms with Crippen molar-refractivity contribution in [2.75, 3.05) is 0 Å². The Kier molecular flexibility index (Phi) is 3.44. The van der Waals surface area contributed by atoms with Gasteiger partial charge in [0.05, 0.1) is 6.04 Å². The molecule has 0 bridgehead atoms. The van der Waals surface area contributed by atoms with Gasteiger partial charge in [0, 0.05) is 10.4 Å². The van der Waals surface area contributed by atoms with Crippen LogP contribution in [-0.4, -0.2) is 11.0 Å². The number of phenols is 1. The normalized spacial score (nSPS) is 12.1. The van der Waals surface area contributed by atoms with Gasteiger partial charge in [0.2, 0.25) is 0 Å². The van der Waals surface area contributed by atoms with E-state index in [0.29, 0.717) is 5.56 Å². The maximum absolute atomic E-state index is 11.9. The summed E-state index contributed by atoms with van der Waals surface area (Å²) in [5.74, 6) is -0.0803. The van der Waals surface area contributed by atoms with Crippen molar-refractivity contribution >= 4 is 17.2 Å². The molecule has 1 amide bonds. The van der Waals surface area contributed by atoms with Gasteiger partial charge in [-0.3, -0.25) is 4.79 Å². The van der Waals surface area contributed by atoms with Crippen LogP contribution in [0.2, 0.25) is 0 Å². The molecule has 3 nitrogen and oxygen atoms in total. The number of amides is 1. The third-order valence-electron chi connectivity index (χ3n) is 2.43. The van der Waals surface area contributed by atoms with Gasteiger partial charge in [-0.25, -0.2) is 0 Å². The number of hydrogen-bond donors (Lipinski definition) is 2. The van der Waals surface area contributed by atoms with Crippen LogP contribution in [0.5, 0.6) is 5.75 Å². The number of carbonyl (C=O) groups excluding carboxylic acids is 1. The van der Waals surface area contributed by atoms with Crippen molar-refractivity contribution in [1.29, 1.82) is 0 Å². The summed E-state index contributed by atoms with van der Waals surface area (Å²) in [7, 11) is 0. The Hall–Kier alpha value is -1.81. The first-order valence-electron chi connectivity index (χ1n) is 5.30. The molecule has 0 saturated carbocycles. The average Bonchev–Trinajstić information content (AvgIpc) is 2.82. The highest BCUT2D eigenvalue weighted by Gasteiger charge is 2.12. The van der Waals surface area contributed by atoms with Gasteiger partial charge in [-0.1, -0.05) is 12.1 Å². The van der Waals surface area contributed by atoms with E-state index in [1.165, 1.54) is 6.07 Å². The second-order valence-electron chi connectivity index (χ2n) is 3.76. The van der Waals surface area contributed by atoms with Gasteiger partial charge in [-0.05, 0) is 36.6 Å². The fraction of sp³-hybridized carbons (Fsp3) is 0.154. The molecule has 0 saturated heterocycles. The van der Waals surface area contributed by atoms with E-state index in [1.54, 1.807) is 29.5 Å². The number of phenolic OH excluding ortho intramolecular Hbond substituents is 1. The van der Waals surface area contributed by atoms with Crippen LogP contribution in [-0.2, 0) is 0 Å². The summed E-state index contributed by atoms with van der Waals surface area (Å²) >= 11 is 1.61. The molecule has 2 rings (SSSR count). The summed E-state index contributed by atoms with van der Waals surface area (Å²) < 4.78 is 0. The van der Waals surface area contributed by atoms with Crippen LogP contribution < -0.4 is 5.32 Å². The summed E-state index contributed by atoms with van der Waals surface area (Å²) in [6.07, 6.45) is 0. The zero-order valence-electron chi connectivity index (χ0n) is 9.38. The number of nitrogens with one attached hydrogen (secondary N) is 1. The lowest BCUT2D eigenvalue weighted by atomic mass is 10.2. The van der Waals surface area contributed by atoms with E-state index in [2.05, 4.69) is 5.32 Å². The van der Waals surface area contributed by atoms with Crippen molar-refractivity contribution in [1.82, 2.24) is 5.32 Å². The lowest BCUT2D eigenvalue weighted by Gasteiger charge is -2.12. The highest BCUT2D eigenvalue weighted by Crippen LogP contribution is 2.19. The molecule has 2 aromatic rings. The molecule has 4 heteroatoms. The van der Waals surface area contributed by atoms with Gasteiger partial charge in [0.1, 0.15) is 5.75 Å². The molecule has 1 aromatic carbocycles. The number of rotatable bonds is 3. The minimum atomic E-state index is -0.179. The monoisotopic (exact) mass is 247 g/mol. The Balaban J connectivity index is 2.07. The van der Waals surface area contributed by atoms with Crippen LogP contribution in [0.3, 0.4) is 0 Å². The predicted molar refractivity (Wildman–Crippen MR) is 68.3 cm³/mol. The van der Waals surface area contributed by atoms with Crippen molar-refractivity contribution in [3.05, 3.63) is 52.2 Å². The predicted octanol–water partition coefficient (Wildman–Crippen LogP) is 2.94. The zero-order valence-corrected chi connectivity index (χ0v) is 10.2. The van der Waals surface area contributed by atoms with Crippen LogP contribution in [0.25, 0.3) is 0 Å². The van der Waals surface area contributed by atoms with Crippen molar-refractivity contribution in [2.45, 2.75) is 13.0 Å². The molecular formula is C13H13NO2S. The number of carbonyl (C=O) groups is 1. The van der Waals surface area contributed by atoms with Crippen molar-refractivity contribution in [3.8, 4) is 5.75 Å². The largest absolute Gasteiger partial charge is 0.508 e. The lowest BCUT2D eigenvalue weighted by molar-refractivity contribution is 0.0940. The molecule has 88 valence electrons. The summed E-state index contributed by atoms with van der Waals surface area (Å²) in [6.45, 7) is 1.94. The van der Waals surface area contributed by atoms with E-state index in [-0.39, 0.29) is 17.7 Å². The zero-order chi connectivity index (χ0) is 12.3. The molecule has 17 heavy (non-hydrogen) atoms. The first-order chi connectivity index (χ1) is 8.16. The van der Waals surface area contributed by atoms with Gasteiger partial charge < -0.3 is 10.4 Å². The Morgan fingerprint density at radius 2 is 2.18 bits per heavy atom. The Bertz CT molecular complexity index is 508. The topological polar surface area (TPSA) is 49.3 Å². The smallest absolute Gasteiger partial charge is 0.251 e. The van der Waals surface area contributed by atoms with E-state index in [9.17, 15) is 9.90 Å². The Morgan fingerprint density at radius 3 is 2.82 bits per heavy atom. The third kappa shape index (κ3) is 2.85. The maximum Gasteiger partial charge on any atom is 0.251 e. The number of aromatic hydroxyl groups is 1. The summed E-state index contributed by atoms with van der Waals surface area (Å²) in [6, 6.07) is 10.2. The molecule has 1 aromatic heterocycles. The first kappa shape index (κ1) is 11.7. The molecule has 1 atom stereocenters. The van der Waals surface area contributed by atoms with E-state index < -0.39 is 0 Å². The second kappa shape index (κ2) is 5.01. The van der Waals surface area contributed by atoms with Crippen LogP contribution in [0, 0.1) is 0 Å². The molecule has 1 heterocycles. The van der Waals surface area contributed by atoms with Crippen LogP contribution in [0.15, 0.2) is 41.8 Å². The lowest BCUT2D eigenvalue weighted by Crippen LogP contribution is -2.25. The van der Waals surface area contributed by atoms with Crippen LogP contribution in [0.4, 0.5) is 0 Å². The van der Waals surface area contributed by atoms with Gasteiger partial charge >= 0.3 is 0 Å². The standard InChI is InChI=1S/C13H13NO2S/c1-9(12-6-3-7-17-12)14-13(16)10-4-2-5-11(15)8-10/h2-9,15H,1H3,(H,14,16). The molecule has 0 radical (unpaired) electrons. The SMILES string of the molecule is CC(NC(=O)c1cccc(O)c1)c1cccs1. The van der Waals surface area contributed by atoms with Crippen LogP contribution in [0.1, 0.15) is 28.2 Å². The average molecular weight is 247 g/mol. The first-order valence-corrected chi connectivity index (χ1v) is 6.18. The number of hydrogen-bond acceptors (Lipinski definition) is 3.